The van der Waals surface area contributed by atoms with Gasteiger partial charge >= 0.3 is 5.97 Å². The van der Waals surface area contributed by atoms with Crippen LogP contribution in [0.25, 0.3) is 6.08 Å². The standard InChI is InChI=1S/C24H21NO4/c1-17(14-18-10-12-20(13-11-18)24(27)28)23(26)25-21-8-5-9-22(15-21)29-16-19-6-3-2-4-7-19/h2-15H,16H2,1H3,(H,25,26)(H,27,28). The van der Waals surface area contributed by atoms with Crippen molar-refractivity contribution in [3.05, 3.63) is 101 Å². The largest absolute Gasteiger partial charge is 0.489 e. The van der Waals surface area contributed by atoms with E-state index in [2.05, 4.69) is 5.32 Å². The molecule has 0 fully saturated rings. The maximum Gasteiger partial charge on any atom is 0.335 e. The predicted molar refractivity (Wildman–Crippen MR) is 113 cm³/mol. The molecule has 0 unspecified atom stereocenters. The molecule has 29 heavy (non-hydrogen) atoms. The van der Waals surface area contributed by atoms with E-state index < -0.39 is 5.97 Å². The molecule has 0 atom stereocenters. The second kappa shape index (κ2) is 9.37. The zero-order valence-corrected chi connectivity index (χ0v) is 16.0. The van der Waals surface area contributed by atoms with Crippen molar-refractivity contribution in [2.24, 2.45) is 0 Å². The SMILES string of the molecule is CC(=Cc1ccc(C(=O)O)cc1)C(=O)Nc1cccc(OCc2ccccc2)c1. The number of aromatic carboxylic acids is 1. The minimum absolute atomic E-state index is 0.205. The summed E-state index contributed by atoms with van der Waals surface area (Å²) in [7, 11) is 0. The van der Waals surface area contributed by atoms with Crippen molar-refractivity contribution in [1.29, 1.82) is 0 Å². The molecular weight excluding hydrogens is 366 g/mol. The van der Waals surface area contributed by atoms with Gasteiger partial charge in [-0.1, -0.05) is 48.5 Å². The summed E-state index contributed by atoms with van der Waals surface area (Å²) < 4.78 is 5.79. The van der Waals surface area contributed by atoms with E-state index in [1.807, 2.05) is 42.5 Å². The monoisotopic (exact) mass is 387 g/mol. The molecule has 0 heterocycles. The maximum absolute atomic E-state index is 12.5. The Morgan fingerprint density at radius 1 is 0.966 bits per heavy atom. The minimum Gasteiger partial charge on any atom is -0.489 e. The van der Waals surface area contributed by atoms with Crippen molar-refractivity contribution < 1.29 is 19.4 Å². The number of carboxylic acids is 1. The molecule has 3 rings (SSSR count). The Kier molecular flexibility index (Phi) is 6.43. The number of nitrogens with one attached hydrogen (secondary N) is 1. The average molecular weight is 387 g/mol. The summed E-state index contributed by atoms with van der Waals surface area (Å²) in [5, 5.41) is 11.8. The van der Waals surface area contributed by atoms with Gasteiger partial charge in [-0.15, -0.1) is 0 Å². The van der Waals surface area contributed by atoms with E-state index in [1.54, 1.807) is 37.3 Å². The third-order valence-electron chi connectivity index (χ3n) is 4.24. The van der Waals surface area contributed by atoms with Crippen LogP contribution in [0.15, 0.2) is 84.4 Å². The Hall–Kier alpha value is -3.86. The van der Waals surface area contributed by atoms with Crippen LogP contribution in [0.2, 0.25) is 0 Å². The Bertz CT molecular complexity index is 1020. The molecule has 5 heteroatoms. The van der Waals surface area contributed by atoms with E-state index >= 15 is 0 Å². The number of amides is 1. The van der Waals surface area contributed by atoms with E-state index in [0.717, 1.165) is 11.1 Å². The fourth-order valence-electron chi connectivity index (χ4n) is 2.67. The van der Waals surface area contributed by atoms with Crippen LogP contribution in [0.1, 0.15) is 28.4 Å². The number of hydrogen-bond acceptors (Lipinski definition) is 3. The van der Waals surface area contributed by atoms with Gasteiger partial charge in [-0.3, -0.25) is 4.79 Å². The number of carbonyl (C=O) groups is 2. The van der Waals surface area contributed by atoms with Gasteiger partial charge in [0.2, 0.25) is 0 Å². The second-order valence-electron chi connectivity index (χ2n) is 6.51. The molecule has 0 radical (unpaired) electrons. The normalized spacial score (nSPS) is 11.0. The van der Waals surface area contributed by atoms with Crippen molar-refractivity contribution in [1.82, 2.24) is 0 Å². The topological polar surface area (TPSA) is 75.6 Å². The Labute approximate surface area is 169 Å². The van der Waals surface area contributed by atoms with Crippen molar-refractivity contribution >= 4 is 23.6 Å². The highest BCUT2D eigenvalue weighted by Gasteiger charge is 2.07. The number of anilines is 1. The summed E-state index contributed by atoms with van der Waals surface area (Å²) in [4.78, 5) is 23.4. The van der Waals surface area contributed by atoms with Crippen molar-refractivity contribution in [2.45, 2.75) is 13.5 Å². The number of ether oxygens (including phenoxy) is 1. The lowest BCUT2D eigenvalue weighted by atomic mass is 10.1. The fraction of sp³-hybridized carbons (Fsp3) is 0.0833. The molecule has 1 amide bonds. The third kappa shape index (κ3) is 5.81. The van der Waals surface area contributed by atoms with Crippen LogP contribution in [0.3, 0.4) is 0 Å². The van der Waals surface area contributed by atoms with Gasteiger partial charge < -0.3 is 15.2 Å². The highest BCUT2D eigenvalue weighted by Crippen LogP contribution is 2.19. The van der Waals surface area contributed by atoms with E-state index in [9.17, 15) is 9.59 Å². The van der Waals surface area contributed by atoms with Gasteiger partial charge in [0, 0.05) is 17.3 Å². The van der Waals surface area contributed by atoms with Crippen LogP contribution in [0, 0.1) is 0 Å². The first kappa shape index (κ1) is 19.9. The van der Waals surface area contributed by atoms with Crippen molar-refractivity contribution in [3.8, 4) is 5.75 Å². The Morgan fingerprint density at radius 3 is 2.38 bits per heavy atom. The molecule has 0 aliphatic rings. The minimum atomic E-state index is -0.982. The zero-order chi connectivity index (χ0) is 20.6. The summed E-state index contributed by atoms with van der Waals surface area (Å²) in [6.07, 6.45) is 1.71. The van der Waals surface area contributed by atoms with Crippen LogP contribution in [-0.2, 0) is 11.4 Å². The smallest absolute Gasteiger partial charge is 0.335 e. The van der Waals surface area contributed by atoms with Crippen LogP contribution in [-0.4, -0.2) is 17.0 Å². The summed E-state index contributed by atoms with van der Waals surface area (Å²) in [5.41, 5.74) is 3.16. The molecule has 0 aliphatic carbocycles. The molecule has 0 saturated heterocycles. The van der Waals surface area contributed by atoms with Crippen LogP contribution >= 0.6 is 0 Å². The first-order chi connectivity index (χ1) is 14.0. The second-order valence-corrected chi connectivity index (χ2v) is 6.51. The maximum atomic E-state index is 12.5. The van der Waals surface area contributed by atoms with Gasteiger partial charge in [0.1, 0.15) is 12.4 Å². The number of carbonyl (C=O) groups excluding carboxylic acids is 1. The summed E-state index contributed by atoms with van der Waals surface area (Å²) in [6, 6.07) is 23.4. The Morgan fingerprint density at radius 2 is 1.69 bits per heavy atom. The number of carboxylic acid groups (broad SMARTS) is 1. The zero-order valence-electron chi connectivity index (χ0n) is 16.0. The number of rotatable bonds is 7. The molecule has 0 aliphatic heterocycles. The average Bonchev–Trinajstić information content (AvgIpc) is 2.73. The van der Waals surface area contributed by atoms with Crippen molar-refractivity contribution in [3.63, 3.8) is 0 Å². The molecule has 2 N–H and O–H groups in total. The molecular formula is C24H21NO4. The summed E-state index contributed by atoms with van der Waals surface area (Å²) in [6.45, 7) is 2.15. The summed E-state index contributed by atoms with van der Waals surface area (Å²) in [5.74, 6) is -0.561. The van der Waals surface area contributed by atoms with Gasteiger partial charge in [-0.25, -0.2) is 4.79 Å². The predicted octanol–water partition coefficient (Wildman–Crippen LogP) is 5.01. The Balaban J connectivity index is 1.62. The first-order valence-electron chi connectivity index (χ1n) is 9.11. The van der Waals surface area contributed by atoms with Crippen LogP contribution < -0.4 is 10.1 Å². The quantitative estimate of drug-likeness (QED) is 0.559. The molecule has 146 valence electrons. The van der Waals surface area contributed by atoms with Crippen LogP contribution in [0.4, 0.5) is 5.69 Å². The molecule has 0 aromatic heterocycles. The first-order valence-corrected chi connectivity index (χ1v) is 9.11. The molecule has 3 aromatic rings. The molecule has 0 saturated carbocycles. The third-order valence-corrected chi connectivity index (χ3v) is 4.24. The number of benzene rings is 3. The lowest BCUT2D eigenvalue weighted by molar-refractivity contribution is -0.112. The lowest BCUT2D eigenvalue weighted by Gasteiger charge is -2.10. The van der Waals surface area contributed by atoms with Gasteiger partial charge in [0.15, 0.2) is 0 Å². The van der Waals surface area contributed by atoms with Gasteiger partial charge in [-0.05, 0) is 48.4 Å². The molecule has 0 bridgehead atoms. The van der Waals surface area contributed by atoms with Gasteiger partial charge in [0.05, 0.1) is 5.56 Å². The molecule has 3 aromatic carbocycles. The molecule has 5 nitrogen and oxygen atoms in total. The number of hydrogen-bond donors (Lipinski definition) is 2. The fourth-order valence-corrected chi connectivity index (χ4v) is 2.67. The molecule has 0 spiro atoms. The lowest BCUT2D eigenvalue weighted by Crippen LogP contribution is -2.12. The van der Waals surface area contributed by atoms with E-state index in [-0.39, 0.29) is 11.5 Å². The highest BCUT2D eigenvalue weighted by molar-refractivity contribution is 6.06. The van der Waals surface area contributed by atoms with E-state index in [1.165, 1.54) is 12.1 Å². The van der Waals surface area contributed by atoms with Crippen molar-refractivity contribution in [2.75, 3.05) is 5.32 Å². The highest BCUT2D eigenvalue weighted by atomic mass is 16.5. The van der Waals surface area contributed by atoms with E-state index in [0.29, 0.717) is 23.6 Å². The van der Waals surface area contributed by atoms with Crippen LogP contribution in [0.5, 0.6) is 5.75 Å². The van der Waals surface area contributed by atoms with Gasteiger partial charge in [-0.2, -0.15) is 0 Å². The van der Waals surface area contributed by atoms with E-state index in [4.69, 9.17) is 9.84 Å². The van der Waals surface area contributed by atoms with Gasteiger partial charge in [0.25, 0.3) is 5.91 Å². The summed E-state index contributed by atoms with van der Waals surface area (Å²) >= 11 is 0.